The van der Waals surface area contributed by atoms with Crippen LogP contribution in [0.2, 0.25) is 0 Å². The van der Waals surface area contributed by atoms with Gasteiger partial charge in [-0.1, -0.05) is 0 Å². The van der Waals surface area contributed by atoms with Crippen LogP contribution in [0.3, 0.4) is 0 Å². The number of rotatable bonds is 3. The number of aromatic nitrogens is 5. The molecule has 0 amide bonds. The molecule has 3 N–H and O–H groups in total. The maximum atomic E-state index is 5.45. The monoisotopic (exact) mass is 292 g/mol. The van der Waals surface area contributed by atoms with Crippen molar-refractivity contribution in [2.75, 3.05) is 34.9 Å². The lowest BCUT2D eigenvalue weighted by Crippen LogP contribution is -2.29. The Morgan fingerprint density at radius 1 is 1.15 bits per heavy atom. The van der Waals surface area contributed by atoms with Gasteiger partial charge in [0.1, 0.15) is 6.33 Å². The molecule has 0 atom stereocenters. The van der Waals surface area contributed by atoms with Gasteiger partial charge in [-0.15, -0.1) is 0 Å². The van der Waals surface area contributed by atoms with Crippen LogP contribution >= 0.6 is 11.8 Å². The van der Waals surface area contributed by atoms with Gasteiger partial charge in [0.25, 0.3) is 0 Å². The maximum absolute atomic E-state index is 5.45. The van der Waals surface area contributed by atoms with Crippen LogP contribution in [-0.2, 0) is 0 Å². The predicted molar refractivity (Wildman–Crippen MR) is 78.9 cm³/mol. The smallest absolute Gasteiger partial charge is 0.243 e. The van der Waals surface area contributed by atoms with E-state index in [1.54, 1.807) is 23.3 Å². The van der Waals surface area contributed by atoms with Crippen molar-refractivity contribution in [3.63, 3.8) is 0 Å². The quantitative estimate of drug-likeness (QED) is 0.615. The Hall–Kier alpha value is -1.87. The molecule has 3 heterocycles. The Balaban J connectivity index is 1.95. The summed E-state index contributed by atoms with van der Waals surface area (Å²) in [4.78, 5) is 19.3. The van der Waals surface area contributed by atoms with Crippen molar-refractivity contribution in [2.45, 2.75) is 6.42 Å². The predicted octanol–water partition coefficient (Wildman–Crippen LogP) is 0.286. The lowest BCUT2D eigenvalue weighted by atomic mass is 10.4. The molecular formula is C11H16N8S. The van der Waals surface area contributed by atoms with Gasteiger partial charge in [-0.2, -0.15) is 26.7 Å². The van der Waals surface area contributed by atoms with Crippen LogP contribution in [0.4, 0.5) is 11.9 Å². The van der Waals surface area contributed by atoms with Crippen molar-refractivity contribution in [3.8, 4) is 5.95 Å². The minimum absolute atomic E-state index is 0.357. The molecule has 20 heavy (non-hydrogen) atoms. The van der Waals surface area contributed by atoms with Crippen molar-refractivity contribution in [2.24, 2.45) is 5.84 Å². The maximum Gasteiger partial charge on any atom is 0.243 e. The number of hydrazine groups is 1. The Morgan fingerprint density at radius 3 is 2.85 bits per heavy atom. The number of nitrogen functional groups attached to an aromatic ring is 1. The van der Waals surface area contributed by atoms with Gasteiger partial charge in [-0.05, 0) is 12.2 Å². The first-order chi connectivity index (χ1) is 9.86. The van der Waals surface area contributed by atoms with Crippen LogP contribution in [-0.4, -0.2) is 49.1 Å². The van der Waals surface area contributed by atoms with E-state index in [2.05, 4.69) is 30.3 Å². The third kappa shape index (κ3) is 2.83. The first-order valence-electron chi connectivity index (χ1n) is 6.40. The van der Waals surface area contributed by atoms with Gasteiger partial charge >= 0.3 is 0 Å². The molecule has 3 rings (SSSR count). The molecule has 0 spiro atoms. The van der Waals surface area contributed by atoms with Crippen molar-refractivity contribution in [1.29, 1.82) is 0 Å². The van der Waals surface area contributed by atoms with E-state index in [0.717, 1.165) is 25.3 Å². The van der Waals surface area contributed by atoms with Crippen LogP contribution in [0.5, 0.6) is 0 Å². The van der Waals surface area contributed by atoms with E-state index in [1.165, 1.54) is 5.75 Å². The average molecular weight is 292 g/mol. The summed E-state index contributed by atoms with van der Waals surface area (Å²) >= 11 is 1.96. The molecule has 8 nitrogen and oxygen atoms in total. The molecule has 0 radical (unpaired) electrons. The summed E-state index contributed by atoms with van der Waals surface area (Å²) in [5, 5.41) is 0. The molecule has 0 bridgehead atoms. The van der Waals surface area contributed by atoms with Gasteiger partial charge < -0.3 is 4.90 Å². The van der Waals surface area contributed by atoms with Gasteiger partial charge in [-0.3, -0.25) is 9.99 Å². The summed E-state index contributed by atoms with van der Waals surface area (Å²) in [7, 11) is 0. The Labute approximate surface area is 120 Å². The van der Waals surface area contributed by atoms with Crippen LogP contribution < -0.4 is 16.2 Å². The normalized spacial score (nSPS) is 15.9. The lowest BCUT2D eigenvalue weighted by Gasteiger charge is -2.20. The topological polar surface area (TPSA) is 97.8 Å². The fourth-order valence-electron chi connectivity index (χ4n) is 2.00. The zero-order chi connectivity index (χ0) is 13.8. The molecule has 106 valence electrons. The SMILES string of the molecule is NNc1nc(N2CCCSCC2)nc(-n2ccnc2)n1. The third-order valence-electron chi connectivity index (χ3n) is 2.98. The molecule has 0 aliphatic carbocycles. The number of imidazole rings is 1. The summed E-state index contributed by atoms with van der Waals surface area (Å²) in [6.07, 6.45) is 6.25. The van der Waals surface area contributed by atoms with Crippen LogP contribution in [0, 0.1) is 0 Å². The largest absolute Gasteiger partial charge is 0.340 e. The van der Waals surface area contributed by atoms with Gasteiger partial charge in [0, 0.05) is 31.2 Å². The third-order valence-corrected chi connectivity index (χ3v) is 4.03. The number of thioether (sulfide) groups is 1. The van der Waals surface area contributed by atoms with E-state index < -0.39 is 0 Å². The van der Waals surface area contributed by atoms with E-state index in [0.29, 0.717) is 17.8 Å². The van der Waals surface area contributed by atoms with Crippen molar-refractivity contribution in [1.82, 2.24) is 24.5 Å². The molecule has 0 saturated carbocycles. The number of anilines is 2. The second kappa shape index (κ2) is 6.06. The standard InChI is InChI=1S/C11H16N8S/c12-17-9-14-10(18-3-1-6-20-7-5-18)16-11(15-9)19-4-2-13-8-19/h2,4,8H,1,3,5-7,12H2,(H,14,15,16,17). The highest BCUT2D eigenvalue weighted by Crippen LogP contribution is 2.17. The molecule has 9 heteroatoms. The summed E-state index contributed by atoms with van der Waals surface area (Å²) in [6.45, 7) is 1.88. The minimum Gasteiger partial charge on any atom is -0.340 e. The first-order valence-corrected chi connectivity index (χ1v) is 7.56. The van der Waals surface area contributed by atoms with Crippen LogP contribution in [0.1, 0.15) is 6.42 Å². The van der Waals surface area contributed by atoms with Gasteiger partial charge in [0.05, 0.1) is 0 Å². The number of nitrogens with one attached hydrogen (secondary N) is 1. The van der Waals surface area contributed by atoms with E-state index in [4.69, 9.17) is 5.84 Å². The molecule has 2 aromatic rings. The van der Waals surface area contributed by atoms with Gasteiger partial charge in [0.2, 0.25) is 17.8 Å². The molecule has 0 aromatic carbocycles. The fourth-order valence-corrected chi connectivity index (χ4v) is 2.89. The average Bonchev–Trinajstić information content (AvgIpc) is 2.89. The van der Waals surface area contributed by atoms with Gasteiger partial charge in [0.15, 0.2) is 0 Å². The first kappa shape index (κ1) is 13.1. The van der Waals surface area contributed by atoms with Crippen molar-refractivity contribution < 1.29 is 0 Å². The summed E-state index contributed by atoms with van der Waals surface area (Å²) < 4.78 is 1.73. The lowest BCUT2D eigenvalue weighted by molar-refractivity contribution is 0.766. The highest BCUT2D eigenvalue weighted by atomic mass is 32.2. The highest BCUT2D eigenvalue weighted by Gasteiger charge is 2.15. The zero-order valence-corrected chi connectivity index (χ0v) is 11.8. The zero-order valence-electron chi connectivity index (χ0n) is 10.9. The second-order valence-corrected chi connectivity index (χ2v) is 5.55. The molecule has 1 saturated heterocycles. The Morgan fingerprint density at radius 2 is 2.05 bits per heavy atom. The van der Waals surface area contributed by atoms with E-state index in [1.807, 2.05) is 11.8 Å². The number of nitrogens with two attached hydrogens (primary N) is 1. The fraction of sp³-hybridized carbons (Fsp3) is 0.455. The van der Waals surface area contributed by atoms with Crippen molar-refractivity contribution >= 4 is 23.7 Å². The minimum atomic E-state index is 0.357. The van der Waals surface area contributed by atoms with Gasteiger partial charge in [-0.25, -0.2) is 10.8 Å². The molecular weight excluding hydrogens is 276 g/mol. The van der Waals surface area contributed by atoms with Crippen LogP contribution in [0.25, 0.3) is 5.95 Å². The Kier molecular flexibility index (Phi) is 3.97. The Bertz CT molecular complexity index is 550. The second-order valence-electron chi connectivity index (χ2n) is 4.33. The number of hydrogen-bond acceptors (Lipinski definition) is 8. The summed E-state index contributed by atoms with van der Waals surface area (Å²) in [5.74, 6) is 9.23. The molecule has 1 aliphatic heterocycles. The number of hydrogen-bond donors (Lipinski definition) is 2. The summed E-state index contributed by atoms with van der Waals surface area (Å²) in [6, 6.07) is 0. The van der Waals surface area contributed by atoms with E-state index >= 15 is 0 Å². The summed E-state index contributed by atoms with van der Waals surface area (Å²) in [5.41, 5.74) is 2.50. The molecule has 2 aromatic heterocycles. The molecule has 0 unspecified atom stereocenters. The van der Waals surface area contributed by atoms with E-state index in [-0.39, 0.29) is 0 Å². The number of nitrogens with zero attached hydrogens (tertiary/aromatic N) is 6. The van der Waals surface area contributed by atoms with Crippen LogP contribution in [0.15, 0.2) is 18.7 Å². The van der Waals surface area contributed by atoms with E-state index in [9.17, 15) is 0 Å². The highest BCUT2D eigenvalue weighted by molar-refractivity contribution is 7.99. The van der Waals surface area contributed by atoms with Crippen molar-refractivity contribution in [3.05, 3.63) is 18.7 Å². The molecule has 1 aliphatic rings. The molecule has 1 fully saturated rings.